The Kier molecular flexibility index (Phi) is 6.49. The number of aliphatic hydroxyl groups is 1. The maximum Gasteiger partial charge on any atom is 0.251 e. The van der Waals surface area contributed by atoms with Crippen molar-refractivity contribution < 1.29 is 19.4 Å². The lowest BCUT2D eigenvalue weighted by Gasteiger charge is -2.29. The van der Waals surface area contributed by atoms with Gasteiger partial charge < -0.3 is 19.9 Å². The number of nitrogens with one attached hydrogen (secondary N) is 1. The van der Waals surface area contributed by atoms with E-state index in [0.29, 0.717) is 30.1 Å². The molecule has 2 N–H and O–H groups in total. The molecule has 1 amide bonds. The second-order valence-electron chi connectivity index (χ2n) is 5.14. The van der Waals surface area contributed by atoms with E-state index in [2.05, 4.69) is 5.32 Å². The van der Waals surface area contributed by atoms with Crippen LogP contribution in [0.4, 0.5) is 0 Å². The summed E-state index contributed by atoms with van der Waals surface area (Å²) in [6.45, 7) is 6.37. The summed E-state index contributed by atoms with van der Waals surface area (Å²) in [5.74, 6) is 0.962. The van der Waals surface area contributed by atoms with Crippen molar-refractivity contribution in [2.75, 3.05) is 20.3 Å². The number of carbonyl (C=O) groups excluding carboxylic acids is 1. The topological polar surface area (TPSA) is 67.8 Å². The predicted octanol–water partition coefficient (Wildman–Crippen LogP) is 2.37. The molecule has 0 saturated carbocycles. The first-order valence-corrected chi connectivity index (χ1v) is 7.23. The van der Waals surface area contributed by atoms with E-state index in [9.17, 15) is 4.79 Å². The van der Waals surface area contributed by atoms with Crippen LogP contribution in [0.15, 0.2) is 18.2 Å². The fourth-order valence-electron chi connectivity index (χ4n) is 2.00. The highest BCUT2D eigenvalue weighted by Gasteiger charge is 2.24. The highest BCUT2D eigenvalue weighted by Crippen LogP contribution is 2.28. The number of hydrogen-bond donors (Lipinski definition) is 2. The lowest BCUT2D eigenvalue weighted by Crippen LogP contribution is -2.46. The van der Waals surface area contributed by atoms with Crippen LogP contribution in [0.3, 0.4) is 0 Å². The van der Waals surface area contributed by atoms with E-state index in [0.717, 1.165) is 6.42 Å². The van der Waals surface area contributed by atoms with Gasteiger partial charge in [-0.3, -0.25) is 4.79 Å². The van der Waals surface area contributed by atoms with Crippen LogP contribution in [-0.4, -0.2) is 36.9 Å². The van der Waals surface area contributed by atoms with Crippen molar-refractivity contribution in [1.29, 1.82) is 0 Å². The van der Waals surface area contributed by atoms with Crippen LogP contribution in [-0.2, 0) is 0 Å². The summed E-state index contributed by atoms with van der Waals surface area (Å²) in [5.41, 5.74) is 0.0883. The largest absolute Gasteiger partial charge is 0.493 e. The summed E-state index contributed by atoms with van der Waals surface area (Å²) in [4.78, 5) is 12.3. The fourth-order valence-corrected chi connectivity index (χ4v) is 2.00. The van der Waals surface area contributed by atoms with Crippen LogP contribution in [0, 0.1) is 0 Å². The molecule has 1 unspecified atom stereocenters. The van der Waals surface area contributed by atoms with E-state index in [-0.39, 0.29) is 12.5 Å². The molecule has 1 aromatic rings. The summed E-state index contributed by atoms with van der Waals surface area (Å²) in [7, 11) is 1.54. The Balaban J connectivity index is 2.92. The normalized spacial score (nSPS) is 13.4. The zero-order valence-corrected chi connectivity index (χ0v) is 13.2. The predicted molar refractivity (Wildman–Crippen MR) is 82.0 cm³/mol. The Morgan fingerprint density at radius 2 is 2.05 bits per heavy atom. The second-order valence-corrected chi connectivity index (χ2v) is 5.14. The first kappa shape index (κ1) is 17.3. The van der Waals surface area contributed by atoms with Gasteiger partial charge in [-0.2, -0.15) is 0 Å². The van der Waals surface area contributed by atoms with Crippen molar-refractivity contribution >= 4 is 5.91 Å². The van der Waals surface area contributed by atoms with Crippen LogP contribution in [0.2, 0.25) is 0 Å². The molecular weight excluding hydrogens is 270 g/mol. The zero-order chi connectivity index (χ0) is 15.9. The number of carbonyl (C=O) groups is 1. The van der Waals surface area contributed by atoms with Crippen molar-refractivity contribution in [3.8, 4) is 11.5 Å². The van der Waals surface area contributed by atoms with Gasteiger partial charge in [-0.25, -0.2) is 0 Å². The Morgan fingerprint density at radius 1 is 1.33 bits per heavy atom. The molecule has 1 atom stereocenters. The van der Waals surface area contributed by atoms with Crippen LogP contribution < -0.4 is 14.8 Å². The second kappa shape index (κ2) is 7.88. The van der Waals surface area contributed by atoms with Crippen LogP contribution in [0.25, 0.3) is 0 Å². The third kappa shape index (κ3) is 4.63. The zero-order valence-electron chi connectivity index (χ0n) is 13.2. The quantitative estimate of drug-likeness (QED) is 0.772. The molecule has 1 rings (SSSR count). The third-order valence-electron chi connectivity index (χ3n) is 3.58. The maximum atomic E-state index is 12.3. The number of benzene rings is 1. The standard InChI is InChI=1S/C16H25NO4/c1-5-16(3,9-10-18)17-15(19)12-7-8-13(21-6-2)14(11-12)20-4/h7-8,11,18H,5-6,9-10H2,1-4H3,(H,17,19). The van der Waals surface area contributed by atoms with Crippen molar-refractivity contribution in [2.24, 2.45) is 0 Å². The molecular formula is C16H25NO4. The third-order valence-corrected chi connectivity index (χ3v) is 3.58. The SMILES string of the molecule is CCOc1ccc(C(=O)NC(C)(CC)CCO)cc1OC. The Bertz CT molecular complexity index is 475. The van der Waals surface area contributed by atoms with Crippen molar-refractivity contribution in [1.82, 2.24) is 5.32 Å². The molecule has 0 radical (unpaired) electrons. The minimum atomic E-state index is -0.419. The molecule has 0 fully saturated rings. The summed E-state index contributed by atoms with van der Waals surface area (Å²) in [6.07, 6.45) is 1.26. The average molecular weight is 295 g/mol. The lowest BCUT2D eigenvalue weighted by atomic mass is 9.94. The van der Waals surface area contributed by atoms with Gasteiger partial charge in [-0.05, 0) is 44.9 Å². The highest BCUT2D eigenvalue weighted by atomic mass is 16.5. The minimum absolute atomic E-state index is 0.0389. The number of hydrogen-bond acceptors (Lipinski definition) is 4. The van der Waals surface area contributed by atoms with E-state index in [1.807, 2.05) is 20.8 Å². The first-order valence-electron chi connectivity index (χ1n) is 7.23. The Labute approximate surface area is 126 Å². The van der Waals surface area contributed by atoms with Gasteiger partial charge in [0.25, 0.3) is 5.91 Å². The highest BCUT2D eigenvalue weighted by molar-refractivity contribution is 5.95. The van der Waals surface area contributed by atoms with Gasteiger partial charge in [0.15, 0.2) is 11.5 Å². The van der Waals surface area contributed by atoms with E-state index >= 15 is 0 Å². The number of rotatable bonds is 8. The van der Waals surface area contributed by atoms with Gasteiger partial charge in [0.1, 0.15) is 0 Å². The smallest absolute Gasteiger partial charge is 0.251 e. The van der Waals surface area contributed by atoms with Crippen molar-refractivity contribution in [3.63, 3.8) is 0 Å². The molecule has 0 aliphatic heterocycles. The molecule has 0 aliphatic carbocycles. The molecule has 0 bridgehead atoms. The van der Waals surface area contributed by atoms with E-state index in [4.69, 9.17) is 14.6 Å². The monoisotopic (exact) mass is 295 g/mol. The molecule has 0 spiro atoms. The molecule has 1 aromatic carbocycles. The van der Waals surface area contributed by atoms with Crippen molar-refractivity contribution in [3.05, 3.63) is 23.8 Å². The number of ether oxygens (including phenoxy) is 2. The summed E-state index contributed by atoms with van der Waals surface area (Å²) < 4.78 is 10.7. The first-order chi connectivity index (χ1) is 9.99. The lowest BCUT2D eigenvalue weighted by molar-refractivity contribution is 0.0885. The van der Waals surface area contributed by atoms with Gasteiger partial charge in [-0.15, -0.1) is 0 Å². The number of aliphatic hydroxyl groups excluding tert-OH is 1. The molecule has 5 heteroatoms. The molecule has 5 nitrogen and oxygen atoms in total. The molecule has 21 heavy (non-hydrogen) atoms. The molecule has 0 aliphatic rings. The fraction of sp³-hybridized carbons (Fsp3) is 0.562. The van der Waals surface area contributed by atoms with Gasteiger partial charge >= 0.3 is 0 Å². The van der Waals surface area contributed by atoms with E-state index < -0.39 is 5.54 Å². The average Bonchev–Trinajstić information content (AvgIpc) is 2.48. The molecule has 0 aromatic heterocycles. The minimum Gasteiger partial charge on any atom is -0.493 e. The van der Waals surface area contributed by atoms with E-state index in [1.165, 1.54) is 0 Å². The Hall–Kier alpha value is -1.75. The van der Waals surface area contributed by atoms with Crippen molar-refractivity contribution in [2.45, 2.75) is 39.2 Å². The number of methoxy groups -OCH3 is 1. The van der Waals surface area contributed by atoms with Gasteiger partial charge in [0.2, 0.25) is 0 Å². The van der Waals surface area contributed by atoms with E-state index in [1.54, 1.807) is 25.3 Å². The summed E-state index contributed by atoms with van der Waals surface area (Å²) in [5, 5.41) is 12.1. The molecule has 0 heterocycles. The molecule has 0 saturated heterocycles. The van der Waals surface area contributed by atoms with Gasteiger partial charge in [0, 0.05) is 17.7 Å². The molecule has 118 valence electrons. The number of amides is 1. The summed E-state index contributed by atoms with van der Waals surface area (Å²) >= 11 is 0. The van der Waals surface area contributed by atoms with Crippen LogP contribution >= 0.6 is 0 Å². The van der Waals surface area contributed by atoms with Crippen LogP contribution in [0.1, 0.15) is 44.0 Å². The Morgan fingerprint density at radius 3 is 2.57 bits per heavy atom. The maximum absolute atomic E-state index is 12.3. The van der Waals surface area contributed by atoms with Gasteiger partial charge in [-0.1, -0.05) is 6.92 Å². The van der Waals surface area contributed by atoms with Gasteiger partial charge in [0.05, 0.1) is 13.7 Å². The summed E-state index contributed by atoms with van der Waals surface area (Å²) in [6, 6.07) is 5.10. The van der Waals surface area contributed by atoms with Crippen LogP contribution in [0.5, 0.6) is 11.5 Å².